The van der Waals surface area contributed by atoms with Gasteiger partial charge in [0.2, 0.25) is 0 Å². The maximum absolute atomic E-state index is 12.6. The molecule has 0 aromatic carbocycles. The smallest absolute Gasteiger partial charge is 0.274 e. The maximum Gasteiger partial charge on any atom is 0.274 e. The highest BCUT2D eigenvalue weighted by atomic mass is 32.1. The molecule has 1 aliphatic rings. The largest absolute Gasteiger partial charge is 0.329 e. The number of carbonyl (C=O) groups is 1. The number of carbonyl (C=O) groups excluding carboxylic acids is 1. The minimum absolute atomic E-state index is 0.0287. The molecule has 4 nitrogen and oxygen atoms in total. The minimum Gasteiger partial charge on any atom is -0.329 e. The second-order valence-corrected chi connectivity index (χ2v) is 6.40. The van der Waals surface area contributed by atoms with Crippen LogP contribution in [0, 0.1) is 6.92 Å². The Morgan fingerprint density at radius 2 is 2.24 bits per heavy atom. The van der Waals surface area contributed by atoms with E-state index in [1.165, 1.54) is 4.88 Å². The lowest BCUT2D eigenvalue weighted by Gasteiger charge is -2.40. The number of likely N-dealkylation sites (tertiary alicyclic amines) is 1. The number of fused-ring (bicyclic) bond motifs is 1. The van der Waals surface area contributed by atoms with Gasteiger partial charge in [0.1, 0.15) is 11.3 Å². The number of nitrogens with zero attached hydrogens (tertiary/aromatic N) is 3. The number of rotatable bonds is 2. The van der Waals surface area contributed by atoms with Gasteiger partial charge in [0, 0.05) is 23.8 Å². The van der Waals surface area contributed by atoms with Gasteiger partial charge in [-0.2, -0.15) is 0 Å². The van der Waals surface area contributed by atoms with E-state index >= 15 is 0 Å². The van der Waals surface area contributed by atoms with E-state index in [9.17, 15) is 4.79 Å². The number of hydrogen-bond donors (Lipinski definition) is 0. The summed E-state index contributed by atoms with van der Waals surface area (Å²) >= 11 is 1.71. The molecule has 1 amide bonds. The van der Waals surface area contributed by atoms with Crippen molar-refractivity contribution in [2.45, 2.75) is 19.4 Å². The van der Waals surface area contributed by atoms with Crippen LogP contribution < -0.4 is 0 Å². The quantitative estimate of drug-likeness (QED) is 0.728. The average molecular weight is 297 g/mol. The first-order valence-electron chi connectivity index (χ1n) is 7.02. The van der Waals surface area contributed by atoms with E-state index < -0.39 is 0 Å². The van der Waals surface area contributed by atoms with E-state index in [1.807, 2.05) is 46.8 Å². The highest BCUT2D eigenvalue weighted by molar-refractivity contribution is 7.10. The maximum atomic E-state index is 12.6. The number of amides is 1. The van der Waals surface area contributed by atoms with Crippen LogP contribution in [0.25, 0.3) is 5.65 Å². The van der Waals surface area contributed by atoms with Gasteiger partial charge in [-0.15, -0.1) is 11.3 Å². The predicted octanol–water partition coefficient (Wildman–Crippen LogP) is 3.29. The zero-order valence-electron chi connectivity index (χ0n) is 11.7. The summed E-state index contributed by atoms with van der Waals surface area (Å²) in [6.07, 6.45) is 4.86. The van der Waals surface area contributed by atoms with Gasteiger partial charge >= 0.3 is 0 Å². The van der Waals surface area contributed by atoms with Crippen molar-refractivity contribution in [2.75, 3.05) is 6.54 Å². The molecular formula is C16H15N3OS. The average Bonchev–Trinajstić information content (AvgIpc) is 3.05. The minimum atomic E-state index is 0.0287. The summed E-state index contributed by atoms with van der Waals surface area (Å²) < 4.78 is 1.92. The molecule has 0 unspecified atom stereocenters. The number of aryl methyl sites for hydroxylation is 1. The zero-order chi connectivity index (χ0) is 14.4. The fraction of sp³-hybridized carbons (Fsp3) is 0.250. The Morgan fingerprint density at radius 3 is 2.95 bits per heavy atom. The van der Waals surface area contributed by atoms with Crippen LogP contribution in [0.2, 0.25) is 0 Å². The molecule has 1 aliphatic heterocycles. The Labute approximate surface area is 126 Å². The standard InChI is InChI=1S/C16H15N3OS/c1-11-4-5-15-17-12(10-18(15)9-11)16(20)19-7-6-13(19)14-3-2-8-21-14/h2-5,8-10,13H,6-7H2,1H3/t13-/m0/s1. The summed E-state index contributed by atoms with van der Waals surface area (Å²) in [4.78, 5) is 20.3. The Hall–Kier alpha value is -2.14. The number of pyridine rings is 1. The molecule has 1 saturated heterocycles. The van der Waals surface area contributed by atoms with Crippen LogP contribution in [0.15, 0.2) is 42.0 Å². The van der Waals surface area contributed by atoms with Gasteiger partial charge in [-0.05, 0) is 36.4 Å². The Morgan fingerprint density at radius 1 is 1.33 bits per heavy atom. The lowest BCUT2D eigenvalue weighted by Crippen LogP contribution is -2.44. The van der Waals surface area contributed by atoms with Crippen molar-refractivity contribution in [3.05, 3.63) is 58.2 Å². The molecule has 4 heterocycles. The Balaban J connectivity index is 1.64. The molecule has 3 aromatic rings. The summed E-state index contributed by atoms with van der Waals surface area (Å²) in [5.74, 6) is 0.0287. The summed E-state index contributed by atoms with van der Waals surface area (Å²) in [5.41, 5.74) is 2.50. The van der Waals surface area contributed by atoms with E-state index in [4.69, 9.17) is 0 Å². The Bertz CT molecular complexity index is 806. The monoisotopic (exact) mass is 297 g/mol. The second-order valence-electron chi connectivity index (χ2n) is 5.42. The van der Waals surface area contributed by atoms with Crippen LogP contribution in [0.1, 0.15) is 33.4 Å². The molecule has 106 valence electrons. The van der Waals surface area contributed by atoms with Crippen LogP contribution in [-0.2, 0) is 0 Å². The van der Waals surface area contributed by atoms with Crippen molar-refractivity contribution < 1.29 is 4.79 Å². The van der Waals surface area contributed by atoms with E-state index in [-0.39, 0.29) is 11.9 Å². The first-order chi connectivity index (χ1) is 10.2. The number of imidazole rings is 1. The van der Waals surface area contributed by atoms with Gasteiger partial charge in [-0.25, -0.2) is 4.98 Å². The molecule has 0 spiro atoms. The fourth-order valence-corrected chi connectivity index (χ4v) is 3.63. The van der Waals surface area contributed by atoms with Crippen LogP contribution in [0.4, 0.5) is 0 Å². The van der Waals surface area contributed by atoms with E-state index in [0.29, 0.717) is 5.69 Å². The van der Waals surface area contributed by atoms with E-state index in [0.717, 1.165) is 24.2 Å². The van der Waals surface area contributed by atoms with Crippen molar-refractivity contribution in [1.29, 1.82) is 0 Å². The topological polar surface area (TPSA) is 37.6 Å². The molecule has 0 N–H and O–H groups in total. The fourth-order valence-electron chi connectivity index (χ4n) is 2.76. The summed E-state index contributed by atoms with van der Waals surface area (Å²) in [5, 5.41) is 2.06. The first kappa shape index (κ1) is 12.6. The first-order valence-corrected chi connectivity index (χ1v) is 7.90. The van der Waals surface area contributed by atoms with Crippen molar-refractivity contribution >= 4 is 22.9 Å². The lowest BCUT2D eigenvalue weighted by atomic mass is 10.0. The SMILES string of the molecule is Cc1ccc2nc(C(=O)N3CC[C@H]3c3cccs3)cn2c1. The molecule has 4 rings (SSSR count). The van der Waals surface area contributed by atoms with Crippen molar-refractivity contribution in [1.82, 2.24) is 14.3 Å². The Kier molecular flexibility index (Phi) is 2.82. The molecule has 3 aromatic heterocycles. The van der Waals surface area contributed by atoms with Crippen LogP contribution >= 0.6 is 11.3 Å². The summed E-state index contributed by atoms with van der Waals surface area (Å²) in [6.45, 7) is 2.84. The van der Waals surface area contributed by atoms with Crippen LogP contribution in [0.3, 0.4) is 0 Å². The molecule has 0 radical (unpaired) electrons. The molecule has 0 bridgehead atoms. The third-order valence-corrected chi connectivity index (χ3v) is 4.94. The van der Waals surface area contributed by atoms with Crippen molar-refractivity contribution in [3.8, 4) is 0 Å². The third-order valence-electron chi connectivity index (χ3n) is 3.97. The van der Waals surface area contributed by atoms with Gasteiger partial charge < -0.3 is 9.30 Å². The van der Waals surface area contributed by atoms with Gasteiger partial charge in [-0.1, -0.05) is 12.1 Å². The van der Waals surface area contributed by atoms with Crippen molar-refractivity contribution in [2.24, 2.45) is 0 Å². The molecule has 1 atom stereocenters. The molecule has 5 heteroatoms. The summed E-state index contributed by atoms with van der Waals surface area (Å²) in [6, 6.07) is 8.31. The van der Waals surface area contributed by atoms with Gasteiger partial charge in [0.15, 0.2) is 0 Å². The van der Waals surface area contributed by atoms with E-state index in [2.05, 4.69) is 16.4 Å². The molecular weight excluding hydrogens is 282 g/mol. The molecule has 0 aliphatic carbocycles. The molecule has 0 saturated carbocycles. The molecule has 1 fully saturated rings. The lowest BCUT2D eigenvalue weighted by molar-refractivity contribution is 0.0462. The van der Waals surface area contributed by atoms with Crippen LogP contribution in [0.5, 0.6) is 0 Å². The second kappa shape index (κ2) is 4.70. The van der Waals surface area contributed by atoms with Gasteiger partial charge in [0.05, 0.1) is 6.04 Å². The van der Waals surface area contributed by atoms with Gasteiger partial charge in [0.25, 0.3) is 5.91 Å². The summed E-state index contributed by atoms with van der Waals surface area (Å²) in [7, 11) is 0. The highest BCUT2D eigenvalue weighted by Crippen LogP contribution is 2.36. The zero-order valence-corrected chi connectivity index (χ0v) is 12.5. The highest BCUT2D eigenvalue weighted by Gasteiger charge is 2.35. The van der Waals surface area contributed by atoms with E-state index in [1.54, 1.807) is 11.3 Å². The van der Waals surface area contributed by atoms with Gasteiger partial charge in [-0.3, -0.25) is 4.79 Å². The van der Waals surface area contributed by atoms with Crippen LogP contribution in [-0.4, -0.2) is 26.7 Å². The number of thiophene rings is 1. The predicted molar refractivity (Wildman–Crippen MR) is 82.6 cm³/mol. The third kappa shape index (κ3) is 2.05. The number of aromatic nitrogens is 2. The number of hydrogen-bond acceptors (Lipinski definition) is 3. The van der Waals surface area contributed by atoms with Crippen molar-refractivity contribution in [3.63, 3.8) is 0 Å². The normalized spacial score (nSPS) is 18.0. The molecule has 21 heavy (non-hydrogen) atoms.